The summed E-state index contributed by atoms with van der Waals surface area (Å²) < 4.78 is 35.4. The summed E-state index contributed by atoms with van der Waals surface area (Å²) in [6.45, 7) is 6.32. The minimum absolute atomic E-state index is 0.0568. The fraction of sp³-hybridized carbons (Fsp3) is 1.00. The van der Waals surface area contributed by atoms with E-state index < -0.39 is 18.2 Å². The fourth-order valence-corrected chi connectivity index (χ4v) is 1.72. The molecule has 16 heavy (non-hydrogen) atoms. The van der Waals surface area contributed by atoms with Gasteiger partial charge in [0.15, 0.2) is 0 Å². The minimum atomic E-state index is -4.08. The molecule has 0 saturated heterocycles. The molecule has 0 aliphatic carbocycles. The molecule has 0 spiro atoms. The van der Waals surface area contributed by atoms with Gasteiger partial charge in [0, 0.05) is 13.0 Å². The molecule has 0 saturated carbocycles. The van der Waals surface area contributed by atoms with Crippen LogP contribution >= 0.6 is 0 Å². The van der Waals surface area contributed by atoms with Gasteiger partial charge in [-0.3, -0.25) is 0 Å². The van der Waals surface area contributed by atoms with Crippen LogP contribution < -0.4 is 5.32 Å². The zero-order valence-corrected chi connectivity index (χ0v) is 10.2. The van der Waals surface area contributed by atoms with E-state index in [0.717, 1.165) is 0 Å². The third kappa shape index (κ3) is 10.2. The van der Waals surface area contributed by atoms with Gasteiger partial charge in [0.25, 0.3) is 0 Å². The van der Waals surface area contributed by atoms with Gasteiger partial charge in [-0.05, 0) is 32.2 Å². The van der Waals surface area contributed by atoms with Crippen LogP contribution in [0.25, 0.3) is 0 Å². The lowest BCUT2D eigenvalue weighted by Gasteiger charge is -2.25. The number of halogens is 3. The molecule has 0 fully saturated rings. The highest BCUT2D eigenvalue weighted by Gasteiger charge is 2.26. The van der Waals surface area contributed by atoms with Crippen molar-refractivity contribution in [2.24, 2.45) is 5.92 Å². The van der Waals surface area contributed by atoms with Crippen molar-refractivity contribution in [3.05, 3.63) is 0 Å². The first kappa shape index (κ1) is 15.7. The van der Waals surface area contributed by atoms with E-state index in [4.69, 9.17) is 0 Å². The quantitative estimate of drug-likeness (QED) is 0.672. The Bertz CT molecular complexity index is 190. The molecule has 0 aromatic heterocycles. The van der Waals surface area contributed by atoms with Crippen molar-refractivity contribution in [1.29, 1.82) is 0 Å². The summed E-state index contributed by atoms with van der Waals surface area (Å²) in [6, 6.07) is 0. The Labute approximate surface area is 95.2 Å². The number of hydrogen-bond donors (Lipinski definition) is 2. The maximum Gasteiger partial charge on any atom is 0.389 e. The molecule has 0 aliphatic heterocycles. The third-order valence-corrected chi connectivity index (χ3v) is 2.17. The first-order valence-electron chi connectivity index (χ1n) is 5.62. The van der Waals surface area contributed by atoms with Gasteiger partial charge >= 0.3 is 6.18 Å². The van der Waals surface area contributed by atoms with Crippen molar-refractivity contribution in [3.63, 3.8) is 0 Å². The highest BCUT2D eigenvalue weighted by atomic mass is 19.4. The average Bonchev–Trinajstić information content (AvgIpc) is 1.98. The second-order valence-corrected chi connectivity index (χ2v) is 4.99. The van der Waals surface area contributed by atoms with Crippen LogP contribution in [-0.2, 0) is 0 Å². The lowest BCUT2D eigenvalue weighted by molar-refractivity contribution is -0.135. The van der Waals surface area contributed by atoms with Crippen molar-refractivity contribution < 1.29 is 18.3 Å². The summed E-state index contributed by atoms with van der Waals surface area (Å²) >= 11 is 0. The van der Waals surface area contributed by atoms with E-state index in [0.29, 0.717) is 18.9 Å². The van der Waals surface area contributed by atoms with Crippen LogP contribution in [0.15, 0.2) is 0 Å². The topological polar surface area (TPSA) is 32.3 Å². The molecule has 5 heteroatoms. The monoisotopic (exact) mass is 241 g/mol. The Morgan fingerprint density at radius 2 is 1.81 bits per heavy atom. The number of rotatable bonds is 7. The van der Waals surface area contributed by atoms with Gasteiger partial charge in [-0.1, -0.05) is 13.8 Å². The van der Waals surface area contributed by atoms with E-state index in [-0.39, 0.29) is 13.0 Å². The van der Waals surface area contributed by atoms with E-state index in [2.05, 4.69) is 5.32 Å². The summed E-state index contributed by atoms with van der Waals surface area (Å²) in [7, 11) is 0. The van der Waals surface area contributed by atoms with Crippen LogP contribution in [-0.4, -0.2) is 30.0 Å². The van der Waals surface area contributed by atoms with E-state index in [1.807, 2.05) is 13.8 Å². The molecular weight excluding hydrogens is 219 g/mol. The Morgan fingerprint density at radius 1 is 1.25 bits per heavy atom. The van der Waals surface area contributed by atoms with Crippen molar-refractivity contribution in [1.82, 2.24) is 5.32 Å². The zero-order chi connectivity index (χ0) is 12.8. The lowest BCUT2D eigenvalue weighted by atomic mass is 9.94. The van der Waals surface area contributed by atoms with Crippen LogP contribution in [0.4, 0.5) is 13.2 Å². The molecule has 0 rings (SSSR count). The van der Waals surface area contributed by atoms with Crippen LogP contribution in [0, 0.1) is 5.92 Å². The first-order valence-corrected chi connectivity index (χ1v) is 5.62. The van der Waals surface area contributed by atoms with Crippen molar-refractivity contribution in [2.75, 3.05) is 13.1 Å². The second kappa shape index (κ2) is 6.45. The molecule has 0 heterocycles. The molecule has 1 atom stereocenters. The molecule has 1 unspecified atom stereocenters. The molecular formula is C11H22F3NO. The van der Waals surface area contributed by atoms with Crippen molar-refractivity contribution in [3.8, 4) is 0 Å². The largest absolute Gasteiger partial charge is 0.389 e. The Morgan fingerprint density at radius 3 is 2.25 bits per heavy atom. The molecule has 0 bridgehead atoms. The summed E-state index contributed by atoms with van der Waals surface area (Å²) in [5, 5.41) is 12.7. The van der Waals surface area contributed by atoms with E-state index in [1.165, 1.54) is 0 Å². The maximum absolute atomic E-state index is 11.8. The molecule has 2 nitrogen and oxygen atoms in total. The molecule has 0 aromatic carbocycles. The standard InChI is InChI=1S/C11H22F3NO/c1-9(2)7-10(3,16)8-15-6-4-5-11(12,13)14/h9,15-16H,4-8H2,1-3H3. The van der Waals surface area contributed by atoms with Gasteiger partial charge in [-0.2, -0.15) is 13.2 Å². The number of aliphatic hydroxyl groups is 1. The fourth-order valence-electron chi connectivity index (χ4n) is 1.72. The highest BCUT2D eigenvalue weighted by molar-refractivity contribution is 4.76. The average molecular weight is 241 g/mol. The van der Waals surface area contributed by atoms with Gasteiger partial charge in [0.1, 0.15) is 0 Å². The second-order valence-electron chi connectivity index (χ2n) is 4.99. The zero-order valence-electron chi connectivity index (χ0n) is 10.2. The van der Waals surface area contributed by atoms with Gasteiger partial charge in [0.05, 0.1) is 5.60 Å². The van der Waals surface area contributed by atoms with Gasteiger partial charge in [-0.15, -0.1) is 0 Å². The van der Waals surface area contributed by atoms with Gasteiger partial charge < -0.3 is 10.4 Å². The summed E-state index contributed by atoms with van der Waals surface area (Å²) in [5.74, 6) is 0.368. The molecule has 98 valence electrons. The van der Waals surface area contributed by atoms with E-state index in [1.54, 1.807) is 6.92 Å². The van der Waals surface area contributed by atoms with Gasteiger partial charge in [-0.25, -0.2) is 0 Å². The maximum atomic E-state index is 11.8. The number of hydrogen-bond acceptors (Lipinski definition) is 2. The Hall–Kier alpha value is -0.290. The lowest BCUT2D eigenvalue weighted by Crippen LogP contribution is -2.39. The van der Waals surface area contributed by atoms with Gasteiger partial charge in [0.2, 0.25) is 0 Å². The van der Waals surface area contributed by atoms with Crippen LogP contribution in [0.3, 0.4) is 0 Å². The Kier molecular flexibility index (Phi) is 6.33. The molecule has 0 aliphatic rings. The normalized spacial score (nSPS) is 16.5. The highest BCUT2D eigenvalue weighted by Crippen LogP contribution is 2.21. The Balaban J connectivity index is 3.58. The number of alkyl halides is 3. The van der Waals surface area contributed by atoms with Crippen LogP contribution in [0.5, 0.6) is 0 Å². The van der Waals surface area contributed by atoms with Crippen LogP contribution in [0.2, 0.25) is 0 Å². The number of nitrogens with one attached hydrogen (secondary N) is 1. The van der Waals surface area contributed by atoms with Crippen LogP contribution in [0.1, 0.15) is 40.0 Å². The minimum Gasteiger partial charge on any atom is -0.389 e. The molecule has 0 amide bonds. The first-order chi connectivity index (χ1) is 7.12. The summed E-state index contributed by atoms with van der Waals surface area (Å²) in [5.41, 5.74) is -0.841. The molecule has 0 aromatic rings. The summed E-state index contributed by atoms with van der Waals surface area (Å²) in [6.07, 6.45) is -4.16. The van der Waals surface area contributed by atoms with Crippen molar-refractivity contribution in [2.45, 2.75) is 51.8 Å². The van der Waals surface area contributed by atoms with Crippen molar-refractivity contribution >= 4 is 0 Å². The van der Waals surface area contributed by atoms with E-state index >= 15 is 0 Å². The third-order valence-electron chi connectivity index (χ3n) is 2.17. The molecule has 2 N–H and O–H groups in total. The predicted molar refractivity (Wildman–Crippen MR) is 58.2 cm³/mol. The molecule has 0 radical (unpaired) electrons. The SMILES string of the molecule is CC(C)CC(C)(O)CNCCCC(F)(F)F. The summed E-state index contributed by atoms with van der Waals surface area (Å²) in [4.78, 5) is 0. The predicted octanol–water partition coefficient (Wildman–Crippen LogP) is 2.72. The van der Waals surface area contributed by atoms with E-state index in [9.17, 15) is 18.3 Å². The smallest absolute Gasteiger partial charge is 0.389 e.